The van der Waals surface area contributed by atoms with E-state index in [0.717, 1.165) is 37.4 Å². The molecule has 1 aromatic rings. The molecule has 1 heterocycles. The summed E-state index contributed by atoms with van der Waals surface area (Å²) in [6, 6.07) is 0. The van der Waals surface area contributed by atoms with E-state index in [1.807, 2.05) is 7.05 Å². The number of anilines is 3. The molecule has 0 aromatic carbocycles. The van der Waals surface area contributed by atoms with Gasteiger partial charge in [-0.15, -0.1) is 0 Å². The zero-order valence-corrected chi connectivity index (χ0v) is 13.7. The SMILES string of the molecule is CCN(CC)c1nc(NC)nc(NCC2CCCC2C)n1. The van der Waals surface area contributed by atoms with Gasteiger partial charge in [0.25, 0.3) is 0 Å². The van der Waals surface area contributed by atoms with Crippen LogP contribution in [0, 0.1) is 11.8 Å². The molecule has 0 spiro atoms. The van der Waals surface area contributed by atoms with Crippen molar-refractivity contribution in [3.05, 3.63) is 0 Å². The lowest BCUT2D eigenvalue weighted by Gasteiger charge is -2.20. The number of hydrogen-bond donors (Lipinski definition) is 2. The summed E-state index contributed by atoms with van der Waals surface area (Å²) in [5.41, 5.74) is 0. The van der Waals surface area contributed by atoms with E-state index in [0.29, 0.717) is 11.9 Å². The standard InChI is InChI=1S/C15H28N6/c1-5-21(6-2)15-19-13(16-4)18-14(20-15)17-10-12-9-7-8-11(12)3/h11-12H,5-10H2,1-4H3,(H2,16,17,18,19,20). The molecule has 0 bridgehead atoms. The molecule has 2 unspecified atom stereocenters. The predicted molar refractivity (Wildman–Crippen MR) is 87.9 cm³/mol. The Morgan fingerprint density at radius 3 is 2.38 bits per heavy atom. The van der Waals surface area contributed by atoms with Gasteiger partial charge in [-0.2, -0.15) is 15.0 Å². The third kappa shape index (κ3) is 3.95. The van der Waals surface area contributed by atoms with Crippen molar-refractivity contribution in [2.24, 2.45) is 11.8 Å². The summed E-state index contributed by atoms with van der Waals surface area (Å²) in [4.78, 5) is 15.6. The minimum Gasteiger partial charge on any atom is -0.357 e. The molecule has 118 valence electrons. The second-order valence-corrected chi connectivity index (χ2v) is 5.75. The van der Waals surface area contributed by atoms with Gasteiger partial charge in [0, 0.05) is 26.7 Å². The predicted octanol–water partition coefficient (Wildman–Crippen LogP) is 2.61. The van der Waals surface area contributed by atoms with Crippen LogP contribution in [0.3, 0.4) is 0 Å². The van der Waals surface area contributed by atoms with Gasteiger partial charge in [0.15, 0.2) is 0 Å². The van der Waals surface area contributed by atoms with Gasteiger partial charge in [-0.05, 0) is 32.1 Å². The Kier molecular flexibility index (Phi) is 5.59. The van der Waals surface area contributed by atoms with E-state index in [2.05, 4.69) is 51.3 Å². The Balaban J connectivity index is 2.08. The Morgan fingerprint density at radius 1 is 1.10 bits per heavy atom. The maximum atomic E-state index is 4.56. The largest absolute Gasteiger partial charge is 0.357 e. The molecule has 6 nitrogen and oxygen atoms in total. The molecule has 1 aliphatic carbocycles. The third-order valence-electron chi connectivity index (χ3n) is 4.45. The molecule has 0 saturated heterocycles. The molecule has 2 rings (SSSR count). The molecule has 1 aliphatic rings. The van der Waals surface area contributed by atoms with Gasteiger partial charge in [-0.1, -0.05) is 19.8 Å². The first-order chi connectivity index (χ1) is 10.2. The van der Waals surface area contributed by atoms with E-state index in [1.165, 1.54) is 19.3 Å². The fourth-order valence-electron chi connectivity index (χ4n) is 2.95. The lowest BCUT2D eigenvalue weighted by Crippen LogP contribution is -2.26. The van der Waals surface area contributed by atoms with Gasteiger partial charge in [0.05, 0.1) is 0 Å². The van der Waals surface area contributed by atoms with Crippen LogP contribution < -0.4 is 15.5 Å². The van der Waals surface area contributed by atoms with Crippen LogP contribution in [0.25, 0.3) is 0 Å². The molecular weight excluding hydrogens is 264 g/mol. The highest BCUT2D eigenvalue weighted by Crippen LogP contribution is 2.31. The summed E-state index contributed by atoms with van der Waals surface area (Å²) in [6.45, 7) is 9.30. The van der Waals surface area contributed by atoms with Crippen LogP contribution in [0.2, 0.25) is 0 Å². The Labute approximate surface area is 127 Å². The smallest absolute Gasteiger partial charge is 0.231 e. The number of hydrogen-bond acceptors (Lipinski definition) is 6. The Morgan fingerprint density at radius 2 is 1.81 bits per heavy atom. The Hall–Kier alpha value is -1.59. The second kappa shape index (κ2) is 7.43. The molecule has 6 heteroatoms. The summed E-state index contributed by atoms with van der Waals surface area (Å²) in [7, 11) is 1.84. The van der Waals surface area contributed by atoms with Crippen LogP contribution in [0.15, 0.2) is 0 Å². The molecule has 0 amide bonds. The lowest BCUT2D eigenvalue weighted by atomic mass is 9.98. The van der Waals surface area contributed by atoms with Crippen LogP contribution in [-0.4, -0.2) is 41.6 Å². The summed E-state index contributed by atoms with van der Waals surface area (Å²) < 4.78 is 0. The first-order valence-corrected chi connectivity index (χ1v) is 8.10. The van der Waals surface area contributed by atoms with Crippen LogP contribution >= 0.6 is 0 Å². The first-order valence-electron chi connectivity index (χ1n) is 8.10. The van der Waals surface area contributed by atoms with E-state index in [1.54, 1.807) is 0 Å². The fraction of sp³-hybridized carbons (Fsp3) is 0.800. The van der Waals surface area contributed by atoms with E-state index < -0.39 is 0 Å². The fourth-order valence-corrected chi connectivity index (χ4v) is 2.95. The third-order valence-corrected chi connectivity index (χ3v) is 4.45. The van der Waals surface area contributed by atoms with Crippen molar-refractivity contribution in [1.29, 1.82) is 0 Å². The minimum absolute atomic E-state index is 0.619. The normalized spacial score (nSPS) is 21.3. The average Bonchev–Trinajstić information content (AvgIpc) is 2.91. The van der Waals surface area contributed by atoms with Crippen molar-refractivity contribution in [2.45, 2.75) is 40.0 Å². The monoisotopic (exact) mass is 292 g/mol. The summed E-state index contributed by atoms with van der Waals surface area (Å²) in [6.07, 6.45) is 3.99. The minimum atomic E-state index is 0.619. The highest BCUT2D eigenvalue weighted by Gasteiger charge is 2.23. The van der Waals surface area contributed by atoms with Crippen molar-refractivity contribution < 1.29 is 0 Å². The quantitative estimate of drug-likeness (QED) is 0.805. The topological polar surface area (TPSA) is 66.0 Å². The van der Waals surface area contributed by atoms with E-state index in [-0.39, 0.29) is 0 Å². The second-order valence-electron chi connectivity index (χ2n) is 5.75. The van der Waals surface area contributed by atoms with E-state index >= 15 is 0 Å². The van der Waals surface area contributed by atoms with Crippen molar-refractivity contribution in [3.63, 3.8) is 0 Å². The zero-order chi connectivity index (χ0) is 15.2. The maximum Gasteiger partial charge on any atom is 0.231 e. The van der Waals surface area contributed by atoms with Crippen LogP contribution in [0.5, 0.6) is 0 Å². The Bertz CT molecular complexity index is 446. The highest BCUT2D eigenvalue weighted by atomic mass is 15.3. The van der Waals surface area contributed by atoms with Crippen molar-refractivity contribution >= 4 is 17.8 Å². The summed E-state index contributed by atoms with van der Waals surface area (Å²) >= 11 is 0. The van der Waals surface area contributed by atoms with Gasteiger partial charge < -0.3 is 15.5 Å². The van der Waals surface area contributed by atoms with Crippen molar-refractivity contribution in [3.8, 4) is 0 Å². The molecule has 2 atom stereocenters. The number of rotatable bonds is 7. The van der Waals surface area contributed by atoms with Gasteiger partial charge in [0.1, 0.15) is 0 Å². The van der Waals surface area contributed by atoms with Gasteiger partial charge in [-0.3, -0.25) is 0 Å². The summed E-state index contributed by atoms with van der Waals surface area (Å²) in [5.74, 6) is 3.56. The number of aromatic nitrogens is 3. The molecular formula is C15H28N6. The van der Waals surface area contributed by atoms with Crippen molar-refractivity contribution in [2.75, 3.05) is 42.2 Å². The lowest BCUT2D eigenvalue weighted by molar-refractivity contribution is 0.439. The molecule has 1 fully saturated rings. The molecule has 0 radical (unpaired) electrons. The number of nitrogens with zero attached hydrogens (tertiary/aromatic N) is 4. The summed E-state index contributed by atoms with van der Waals surface area (Å²) in [5, 5.41) is 6.42. The van der Waals surface area contributed by atoms with Gasteiger partial charge in [-0.25, -0.2) is 0 Å². The van der Waals surface area contributed by atoms with Crippen LogP contribution in [0.1, 0.15) is 40.0 Å². The van der Waals surface area contributed by atoms with E-state index in [4.69, 9.17) is 0 Å². The van der Waals surface area contributed by atoms with Gasteiger partial charge in [0.2, 0.25) is 17.8 Å². The molecule has 1 aromatic heterocycles. The molecule has 2 N–H and O–H groups in total. The molecule has 1 saturated carbocycles. The zero-order valence-electron chi connectivity index (χ0n) is 13.7. The van der Waals surface area contributed by atoms with Crippen LogP contribution in [0.4, 0.5) is 17.8 Å². The highest BCUT2D eigenvalue weighted by molar-refractivity contribution is 5.43. The molecule has 0 aliphatic heterocycles. The van der Waals surface area contributed by atoms with Crippen LogP contribution in [-0.2, 0) is 0 Å². The molecule has 21 heavy (non-hydrogen) atoms. The maximum absolute atomic E-state index is 4.56. The van der Waals surface area contributed by atoms with Crippen molar-refractivity contribution in [1.82, 2.24) is 15.0 Å². The van der Waals surface area contributed by atoms with Gasteiger partial charge >= 0.3 is 0 Å². The number of nitrogens with one attached hydrogen (secondary N) is 2. The first kappa shape index (κ1) is 15.8. The van der Waals surface area contributed by atoms with E-state index in [9.17, 15) is 0 Å². The average molecular weight is 292 g/mol.